The van der Waals surface area contributed by atoms with E-state index >= 15 is 0 Å². The van der Waals surface area contributed by atoms with Gasteiger partial charge in [-0.25, -0.2) is 5.43 Å². The molecular weight excluding hydrogens is 466 g/mol. The van der Waals surface area contributed by atoms with Gasteiger partial charge in [-0.2, -0.15) is 5.10 Å². The Balaban J connectivity index is 1.97. The van der Waals surface area contributed by atoms with Crippen LogP contribution in [0.25, 0.3) is 0 Å². The fourth-order valence-electron chi connectivity index (χ4n) is 2.69. The monoisotopic (exact) mass is 489 g/mol. The van der Waals surface area contributed by atoms with Gasteiger partial charge in [0.15, 0.2) is 0 Å². The van der Waals surface area contributed by atoms with Crippen LogP contribution in [-0.4, -0.2) is 43.6 Å². The van der Waals surface area contributed by atoms with Crippen molar-refractivity contribution in [3.05, 3.63) is 41.4 Å². The Hall–Kier alpha value is -4.12. The summed E-state index contributed by atoms with van der Waals surface area (Å²) in [7, 11) is 2.78. The molecule has 0 aromatic heterocycles. The minimum atomic E-state index is -1.06. The summed E-state index contributed by atoms with van der Waals surface area (Å²) in [6.07, 6.45) is -0.168. The molecule has 0 radical (unpaired) electrons. The summed E-state index contributed by atoms with van der Waals surface area (Å²) in [6.45, 7) is 2.86. The van der Waals surface area contributed by atoms with Crippen LogP contribution in [0.1, 0.15) is 20.3 Å². The number of anilines is 3. The Bertz CT molecular complexity index is 1130. The van der Waals surface area contributed by atoms with Crippen LogP contribution in [0.2, 0.25) is 5.02 Å². The first kappa shape index (κ1) is 26.1. The Morgan fingerprint density at radius 2 is 1.47 bits per heavy atom. The summed E-state index contributed by atoms with van der Waals surface area (Å²) >= 11 is 6.02. The van der Waals surface area contributed by atoms with Crippen LogP contribution in [-0.2, 0) is 19.2 Å². The molecule has 4 N–H and O–H groups in total. The van der Waals surface area contributed by atoms with E-state index in [0.717, 1.165) is 0 Å². The number of benzene rings is 2. The molecule has 0 saturated heterocycles. The lowest BCUT2D eigenvalue weighted by molar-refractivity contribution is -0.136. The summed E-state index contributed by atoms with van der Waals surface area (Å²) in [5.41, 5.74) is 3.34. The molecule has 2 aromatic rings. The first-order chi connectivity index (χ1) is 16.1. The molecule has 34 heavy (non-hydrogen) atoms. The molecule has 0 aliphatic rings. The topological polar surface area (TPSA) is 147 Å². The first-order valence-corrected chi connectivity index (χ1v) is 10.2. The van der Waals surface area contributed by atoms with Crippen LogP contribution in [0, 0.1) is 0 Å². The number of nitrogens with one attached hydrogen (secondary N) is 4. The third kappa shape index (κ3) is 7.48. The Kier molecular flexibility index (Phi) is 9.38. The quantitative estimate of drug-likeness (QED) is 0.254. The predicted molar refractivity (Wildman–Crippen MR) is 128 cm³/mol. The molecule has 2 rings (SSSR count). The van der Waals surface area contributed by atoms with Gasteiger partial charge in [-0.15, -0.1) is 0 Å². The van der Waals surface area contributed by atoms with E-state index in [4.69, 9.17) is 21.1 Å². The molecule has 0 spiro atoms. The molecule has 11 nitrogen and oxygen atoms in total. The summed E-state index contributed by atoms with van der Waals surface area (Å²) < 4.78 is 10.2. The van der Waals surface area contributed by atoms with Crippen molar-refractivity contribution in [1.29, 1.82) is 0 Å². The van der Waals surface area contributed by atoms with E-state index in [1.165, 1.54) is 40.2 Å². The van der Waals surface area contributed by atoms with Crippen molar-refractivity contribution in [1.82, 2.24) is 5.43 Å². The molecule has 2 aromatic carbocycles. The normalized spacial score (nSPS) is 10.7. The van der Waals surface area contributed by atoms with Crippen LogP contribution in [0.3, 0.4) is 0 Å². The van der Waals surface area contributed by atoms with E-state index < -0.39 is 17.7 Å². The minimum absolute atomic E-state index is 0.168. The third-order valence-electron chi connectivity index (χ3n) is 4.20. The average Bonchev–Trinajstić information content (AvgIpc) is 2.79. The van der Waals surface area contributed by atoms with Crippen LogP contribution >= 0.6 is 11.6 Å². The molecule has 0 unspecified atom stereocenters. The third-order valence-corrected chi connectivity index (χ3v) is 4.50. The number of rotatable bonds is 8. The van der Waals surface area contributed by atoms with Crippen molar-refractivity contribution in [2.75, 3.05) is 30.2 Å². The maximum atomic E-state index is 12.3. The minimum Gasteiger partial charge on any atom is -0.495 e. The lowest BCUT2D eigenvalue weighted by Crippen LogP contribution is -2.33. The van der Waals surface area contributed by atoms with Crippen LogP contribution in [0.15, 0.2) is 41.5 Å². The molecule has 0 saturated carbocycles. The second-order valence-electron chi connectivity index (χ2n) is 6.88. The summed E-state index contributed by atoms with van der Waals surface area (Å²) in [5, 5.41) is 11.7. The van der Waals surface area contributed by atoms with Gasteiger partial charge in [0.05, 0.1) is 42.7 Å². The lowest BCUT2D eigenvalue weighted by Gasteiger charge is -2.12. The number of halogens is 1. The van der Waals surface area contributed by atoms with Crippen molar-refractivity contribution in [2.24, 2.45) is 5.10 Å². The highest BCUT2D eigenvalue weighted by Crippen LogP contribution is 2.35. The van der Waals surface area contributed by atoms with Crippen LogP contribution in [0.5, 0.6) is 11.5 Å². The molecule has 12 heteroatoms. The predicted octanol–water partition coefficient (Wildman–Crippen LogP) is 2.78. The highest BCUT2D eigenvalue weighted by atomic mass is 35.5. The van der Waals surface area contributed by atoms with Gasteiger partial charge >= 0.3 is 11.8 Å². The number of hydrazone groups is 1. The zero-order valence-electron chi connectivity index (χ0n) is 18.9. The first-order valence-electron chi connectivity index (χ1n) is 9.87. The van der Waals surface area contributed by atoms with Gasteiger partial charge in [0.1, 0.15) is 11.5 Å². The molecule has 180 valence electrons. The summed E-state index contributed by atoms with van der Waals surface area (Å²) in [4.78, 5) is 48.0. The second kappa shape index (κ2) is 12.2. The van der Waals surface area contributed by atoms with E-state index in [9.17, 15) is 19.2 Å². The van der Waals surface area contributed by atoms with E-state index in [1.54, 1.807) is 24.3 Å². The van der Waals surface area contributed by atoms with E-state index in [-0.39, 0.29) is 40.2 Å². The Labute approximate surface area is 200 Å². The van der Waals surface area contributed by atoms with Crippen LogP contribution < -0.4 is 30.8 Å². The number of carbonyl (C=O) groups is 4. The molecule has 0 bridgehead atoms. The number of hydrogen-bond acceptors (Lipinski definition) is 7. The zero-order chi connectivity index (χ0) is 25.3. The number of nitrogens with zero attached hydrogens (tertiary/aromatic N) is 1. The highest BCUT2D eigenvalue weighted by molar-refractivity contribution is 6.40. The average molecular weight is 490 g/mol. The number of carbonyl (C=O) groups excluding carboxylic acids is 4. The number of ether oxygens (including phenoxy) is 2. The van der Waals surface area contributed by atoms with Gasteiger partial charge in [0.2, 0.25) is 11.8 Å². The standard InChI is InChI=1S/C22H24ClN5O6/c1-12(9-20(30)25-16-8-6-5-7-15(16)24-13(2)29)27-28-22(32)21(31)26-17-11-18(33-3)14(23)10-19(17)34-4/h5-8,10-11H,9H2,1-4H3,(H,24,29)(H,25,30)(H,26,31)(H,28,32)/b27-12-. The molecular formula is C22H24ClN5O6. The van der Waals surface area contributed by atoms with Crippen molar-refractivity contribution in [3.63, 3.8) is 0 Å². The number of hydrogen-bond donors (Lipinski definition) is 4. The van der Waals surface area contributed by atoms with Gasteiger partial charge in [-0.1, -0.05) is 23.7 Å². The van der Waals surface area contributed by atoms with E-state index in [0.29, 0.717) is 11.4 Å². The smallest absolute Gasteiger partial charge is 0.329 e. The summed E-state index contributed by atoms with van der Waals surface area (Å²) in [6, 6.07) is 9.52. The molecule has 0 heterocycles. The number of para-hydroxylation sites is 2. The Morgan fingerprint density at radius 3 is 2.06 bits per heavy atom. The molecule has 4 amide bonds. The fraction of sp³-hybridized carbons (Fsp3) is 0.227. The lowest BCUT2D eigenvalue weighted by atomic mass is 10.2. The van der Waals surface area contributed by atoms with E-state index in [2.05, 4.69) is 26.5 Å². The number of amides is 4. The highest BCUT2D eigenvalue weighted by Gasteiger charge is 2.18. The maximum Gasteiger partial charge on any atom is 0.329 e. The molecule has 0 aliphatic carbocycles. The van der Waals surface area contributed by atoms with Crippen molar-refractivity contribution in [2.45, 2.75) is 20.3 Å². The van der Waals surface area contributed by atoms with Crippen molar-refractivity contribution < 1.29 is 28.7 Å². The van der Waals surface area contributed by atoms with Gasteiger partial charge in [-0.05, 0) is 19.1 Å². The number of methoxy groups -OCH3 is 2. The van der Waals surface area contributed by atoms with Crippen LogP contribution in [0.4, 0.5) is 17.1 Å². The Morgan fingerprint density at radius 1 is 0.853 bits per heavy atom. The fourth-order valence-corrected chi connectivity index (χ4v) is 2.92. The zero-order valence-corrected chi connectivity index (χ0v) is 19.7. The molecule has 0 aliphatic heterocycles. The maximum absolute atomic E-state index is 12.3. The summed E-state index contributed by atoms with van der Waals surface area (Å²) in [5.74, 6) is -2.30. The second-order valence-corrected chi connectivity index (χ2v) is 7.29. The van der Waals surface area contributed by atoms with Crippen molar-refractivity contribution in [3.8, 4) is 11.5 Å². The molecule has 0 atom stereocenters. The van der Waals surface area contributed by atoms with Gasteiger partial charge in [0.25, 0.3) is 0 Å². The SMILES string of the molecule is COc1cc(NC(=O)C(=O)N/N=C(/C)CC(=O)Nc2ccccc2NC(C)=O)c(OC)cc1Cl. The van der Waals surface area contributed by atoms with Gasteiger partial charge in [-0.3, -0.25) is 19.2 Å². The molecule has 0 fully saturated rings. The van der Waals surface area contributed by atoms with E-state index in [1.807, 2.05) is 0 Å². The van der Waals surface area contributed by atoms with Gasteiger partial charge < -0.3 is 25.4 Å². The largest absolute Gasteiger partial charge is 0.495 e. The van der Waals surface area contributed by atoms with Crippen molar-refractivity contribution >= 4 is 58.0 Å². The van der Waals surface area contributed by atoms with Gasteiger partial charge in [0, 0.05) is 24.8 Å².